The number of rotatable bonds is 3. The minimum absolute atomic E-state index is 0.426. The fraction of sp³-hybridized carbons (Fsp3) is 0.545. The van der Waals surface area contributed by atoms with Gasteiger partial charge in [-0.1, -0.05) is 18.0 Å². The van der Waals surface area contributed by atoms with Crippen molar-refractivity contribution in [3.63, 3.8) is 0 Å². The molecular weight excluding hydrogens is 231 g/mol. The van der Waals surface area contributed by atoms with E-state index in [-0.39, 0.29) is 0 Å². The average molecular weight is 245 g/mol. The van der Waals surface area contributed by atoms with E-state index in [0.717, 1.165) is 12.2 Å². The van der Waals surface area contributed by atoms with Crippen molar-refractivity contribution in [2.45, 2.75) is 25.3 Å². The summed E-state index contributed by atoms with van der Waals surface area (Å²) in [6.45, 7) is 0. The molecule has 1 heterocycles. The third-order valence-corrected chi connectivity index (χ3v) is 3.64. The molecule has 1 aliphatic carbocycles. The first kappa shape index (κ1) is 11.0. The van der Waals surface area contributed by atoms with Crippen LogP contribution in [0.1, 0.15) is 19.3 Å². The zero-order valence-electron chi connectivity index (χ0n) is 8.42. The van der Waals surface area contributed by atoms with Gasteiger partial charge in [-0.25, -0.2) is 4.98 Å². The lowest BCUT2D eigenvalue weighted by Gasteiger charge is -2.19. The van der Waals surface area contributed by atoms with E-state index in [9.17, 15) is 0 Å². The van der Waals surface area contributed by atoms with Crippen molar-refractivity contribution in [3.8, 4) is 0 Å². The van der Waals surface area contributed by atoms with Crippen molar-refractivity contribution < 1.29 is 0 Å². The smallest absolute Gasteiger partial charge is 0.144 e. The zero-order valence-corrected chi connectivity index (χ0v) is 9.93. The van der Waals surface area contributed by atoms with Crippen LogP contribution in [0.25, 0.3) is 0 Å². The molecule has 1 aromatic heterocycles. The van der Waals surface area contributed by atoms with Crippen molar-refractivity contribution in [1.29, 1.82) is 0 Å². The van der Waals surface area contributed by atoms with E-state index < -0.39 is 0 Å². The molecule has 1 saturated carbocycles. The summed E-state index contributed by atoms with van der Waals surface area (Å²) < 4.78 is 0. The Balaban J connectivity index is 2.05. The van der Waals surface area contributed by atoms with Crippen LogP contribution < -0.4 is 5.32 Å². The van der Waals surface area contributed by atoms with Gasteiger partial charge in [0.25, 0.3) is 0 Å². The van der Waals surface area contributed by atoms with Crippen LogP contribution in [0.2, 0.25) is 5.02 Å². The van der Waals surface area contributed by atoms with Gasteiger partial charge in [-0.15, -0.1) is 11.6 Å². The van der Waals surface area contributed by atoms with Crippen molar-refractivity contribution in [1.82, 2.24) is 4.98 Å². The van der Waals surface area contributed by atoms with Gasteiger partial charge in [0.1, 0.15) is 5.82 Å². The van der Waals surface area contributed by atoms with Crippen LogP contribution in [-0.2, 0) is 0 Å². The summed E-state index contributed by atoms with van der Waals surface area (Å²) in [6.07, 6.45) is 5.34. The Morgan fingerprint density at radius 2 is 2.33 bits per heavy atom. The van der Waals surface area contributed by atoms with Crippen LogP contribution in [0, 0.1) is 5.92 Å². The second-order valence-corrected chi connectivity index (χ2v) is 4.65. The Labute approximate surface area is 100.0 Å². The maximum atomic E-state index is 6.04. The average Bonchev–Trinajstić information content (AvgIpc) is 2.69. The van der Waals surface area contributed by atoms with E-state index in [4.69, 9.17) is 23.2 Å². The van der Waals surface area contributed by atoms with Crippen LogP contribution >= 0.6 is 23.2 Å². The van der Waals surface area contributed by atoms with Crippen molar-refractivity contribution in [2.24, 2.45) is 5.92 Å². The number of nitrogens with zero attached hydrogens (tertiary/aromatic N) is 1. The summed E-state index contributed by atoms with van der Waals surface area (Å²) in [5.41, 5.74) is 0. The van der Waals surface area contributed by atoms with Crippen LogP contribution in [0.3, 0.4) is 0 Å². The molecule has 1 aliphatic rings. The summed E-state index contributed by atoms with van der Waals surface area (Å²) in [5.74, 6) is 2.04. The lowest BCUT2D eigenvalue weighted by molar-refractivity contribution is 0.561. The van der Waals surface area contributed by atoms with Crippen LogP contribution in [0.4, 0.5) is 5.82 Å². The van der Waals surface area contributed by atoms with Gasteiger partial charge in [0.05, 0.1) is 5.02 Å². The second kappa shape index (κ2) is 5.04. The number of nitrogens with one attached hydrogen (secondary N) is 1. The van der Waals surface area contributed by atoms with Crippen LogP contribution in [-0.4, -0.2) is 16.9 Å². The fourth-order valence-corrected chi connectivity index (χ4v) is 2.62. The first-order valence-corrected chi connectivity index (χ1v) is 6.15. The molecule has 1 fully saturated rings. The summed E-state index contributed by atoms with van der Waals surface area (Å²) in [7, 11) is 0. The molecule has 15 heavy (non-hydrogen) atoms. The van der Waals surface area contributed by atoms with Crippen molar-refractivity contribution in [2.75, 3.05) is 11.2 Å². The predicted molar refractivity (Wildman–Crippen MR) is 64.7 cm³/mol. The molecule has 4 heteroatoms. The standard InChI is InChI=1S/C11H14Cl2N2/c12-7-8-3-1-5-10(8)15-11-9(13)4-2-6-14-11/h2,4,6,8,10H,1,3,5,7H2,(H,14,15). The maximum Gasteiger partial charge on any atom is 0.144 e. The van der Waals surface area contributed by atoms with Crippen molar-refractivity contribution in [3.05, 3.63) is 23.4 Å². The number of halogens is 2. The molecule has 2 atom stereocenters. The summed E-state index contributed by atoms with van der Waals surface area (Å²) in [6, 6.07) is 4.11. The van der Waals surface area contributed by atoms with E-state index >= 15 is 0 Å². The van der Waals surface area contributed by atoms with Gasteiger partial charge >= 0.3 is 0 Å². The number of alkyl halides is 1. The van der Waals surface area contributed by atoms with Crippen molar-refractivity contribution >= 4 is 29.0 Å². The first-order chi connectivity index (χ1) is 7.31. The van der Waals surface area contributed by atoms with Gasteiger partial charge in [-0.05, 0) is 30.9 Å². The van der Waals surface area contributed by atoms with E-state index in [0.29, 0.717) is 22.9 Å². The lowest BCUT2D eigenvalue weighted by atomic mass is 10.1. The Morgan fingerprint density at radius 1 is 1.47 bits per heavy atom. The van der Waals surface area contributed by atoms with E-state index in [1.165, 1.54) is 12.8 Å². The number of hydrogen-bond donors (Lipinski definition) is 1. The largest absolute Gasteiger partial charge is 0.366 e. The Morgan fingerprint density at radius 3 is 3.07 bits per heavy atom. The molecule has 0 radical (unpaired) electrons. The zero-order chi connectivity index (χ0) is 10.7. The molecule has 0 aliphatic heterocycles. The molecule has 82 valence electrons. The highest BCUT2D eigenvalue weighted by atomic mass is 35.5. The molecule has 0 amide bonds. The fourth-order valence-electron chi connectivity index (χ4n) is 2.08. The monoisotopic (exact) mass is 244 g/mol. The first-order valence-electron chi connectivity index (χ1n) is 5.24. The molecular formula is C11H14Cl2N2. The Kier molecular flexibility index (Phi) is 3.71. The molecule has 1 N–H and O–H groups in total. The van der Waals surface area contributed by atoms with Gasteiger partial charge in [-0.2, -0.15) is 0 Å². The molecule has 0 aromatic carbocycles. The number of aromatic nitrogens is 1. The predicted octanol–water partition coefficient (Wildman–Crippen LogP) is 3.55. The number of hydrogen-bond acceptors (Lipinski definition) is 2. The van der Waals surface area contributed by atoms with Gasteiger partial charge < -0.3 is 5.32 Å². The van der Waals surface area contributed by atoms with E-state index in [2.05, 4.69) is 10.3 Å². The quantitative estimate of drug-likeness (QED) is 0.823. The van der Waals surface area contributed by atoms with Gasteiger partial charge in [-0.3, -0.25) is 0 Å². The molecule has 2 unspecified atom stereocenters. The van der Waals surface area contributed by atoms with Gasteiger partial charge in [0, 0.05) is 18.1 Å². The maximum absolute atomic E-state index is 6.04. The summed E-state index contributed by atoms with van der Waals surface area (Å²) in [5, 5.41) is 4.06. The molecule has 0 spiro atoms. The second-order valence-electron chi connectivity index (χ2n) is 3.93. The lowest BCUT2D eigenvalue weighted by Crippen LogP contribution is -2.25. The highest BCUT2D eigenvalue weighted by molar-refractivity contribution is 6.32. The summed E-state index contributed by atoms with van der Waals surface area (Å²) in [4.78, 5) is 4.22. The molecule has 0 bridgehead atoms. The third kappa shape index (κ3) is 2.56. The van der Waals surface area contributed by atoms with Crippen LogP contribution in [0.5, 0.6) is 0 Å². The molecule has 2 rings (SSSR count). The van der Waals surface area contributed by atoms with Gasteiger partial charge in [0.2, 0.25) is 0 Å². The van der Waals surface area contributed by atoms with E-state index in [1.807, 2.05) is 12.1 Å². The Hall–Kier alpha value is -0.470. The summed E-state index contributed by atoms with van der Waals surface area (Å²) >= 11 is 12.0. The topological polar surface area (TPSA) is 24.9 Å². The highest BCUT2D eigenvalue weighted by Crippen LogP contribution is 2.30. The van der Waals surface area contributed by atoms with Crippen LogP contribution in [0.15, 0.2) is 18.3 Å². The van der Waals surface area contributed by atoms with Gasteiger partial charge in [0.15, 0.2) is 0 Å². The molecule has 2 nitrogen and oxygen atoms in total. The third-order valence-electron chi connectivity index (χ3n) is 2.94. The number of anilines is 1. The Bertz CT molecular complexity index is 330. The normalized spacial score (nSPS) is 25.5. The highest BCUT2D eigenvalue weighted by Gasteiger charge is 2.26. The number of pyridine rings is 1. The minimum Gasteiger partial charge on any atom is -0.366 e. The molecule has 1 aromatic rings. The van der Waals surface area contributed by atoms with E-state index in [1.54, 1.807) is 6.20 Å². The minimum atomic E-state index is 0.426. The molecule has 0 saturated heterocycles. The SMILES string of the molecule is ClCC1CCCC1Nc1ncccc1Cl.